The molecule has 142 valence electrons. The molecule has 0 aliphatic carbocycles. The summed E-state index contributed by atoms with van der Waals surface area (Å²) in [5.74, 6) is 0.181. The molecule has 0 saturated carbocycles. The molecule has 2 aliphatic heterocycles. The minimum atomic E-state index is -0.376. The van der Waals surface area contributed by atoms with Crippen LogP contribution in [0.1, 0.15) is 12.0 Å². The highest BCUT2D eigenvalue weighted by atomic mass is 16.2. The maximum atomic E-state index is 13.0. The van der Waals surface area contributed by atoms with Crippen LogP contribution in [-0.2, 0) is 9.59 Å². The lowest BCUT2D eigenvalue weighted by Gasteiger charge is -2.35. The fourth-order valence-electron chi connectivity index (χ4n) is 3.75. The molecule has 2 fully saturated rings. The van der Waals surface area contributed by atoms with E-state index in [0.29, 0.717) is 49.9 Å². The van der Waals surface area contributed by atoms with E-state index in [4.69, 9.17) is 0 Å². The van der Waals surface area contributed by atoms with Gasteiger partial charge < -0.3 is 14.7 Å². The molecule has 0 N–H and O–H groups in total. The zero-order chi connectivity index (χ0) is 19.5. The molecule has 3 heterocycles. The zero-order valence-electron chi connectivity index (χ0n) is 15.4. The zero-order valence-corrected chi connectivity index (χ0v) is 15.4. The Hall–Kier alpha value is -3.47. The summed E-state index contributed by atoms with van der Waals surface area (Å²) >= 11 is 0. The standard InChI is InChI=1S/C20H20N6O2/c21-13-15-4-1-2-5-17(15)26-14-16(12-18(26)27)19(28)24-8-10-25(11-9-24)20-22-6-3-7-23-20/h1-7,16H,8-12,14H2. The average molecular weight is 376 g/mol. The smallest absolute Gasteiger partial charge is 0.228 e. The molecule has 28 heavy (non-hydrogen) atoms. The van der Waals surface area contributed by atoms with Gasteiger partial charge >= 0.3 is 0 Å². The van der Waals surface area contributed by atoms with Gasteiger partial charge in [0.05, 0.1) is 17.2 Å². The third-order valence-electron chi connectivity index (χ3n) is 5.22. The van der Waals surface area contributed by atoms with Crippen molar-refractivity contribution < 1.29 is 9.59 Å². The molecular formula is C20H20N6O2. The summed E-state index contributed by atoms with van der Waals surface area (Å²) < 4.78 is 0. The van der Waals surface area contributed by atoms with Crippen molar-refractivity contribution in [2.24, 2.45) is 5.92 Å². The van der Waals surface area contributed by atoms with Crippen LogP contribution in [0.2, 0.25) is 0 Å². The Morgan fingerprint density at radius 3 is 2.50 bits per heavy atom. The van der Waals surface area contributed by atoms with Gasteiger partial charge in [-0.2, -0.15) is 5.26 Å². The number of anilines is 2. The summed E-state index contributed by atoms with van der Waals surface area (Å²) in [5.41, 5.74) is 1.02. The number of rotatable bonds is 3. The largest absolute Gasteiger partial charge is 0.339 e. The predicted octanol–water partition coefficient (Wildman–Crippen LogP) is 1.05. The fourth-order valence-corrected chi connectivity index (χ4v) is 3.75. The number of para-hydroxylation sites is 1. The molecule has 0 spiro atoms. The lowest BCUT2D eigenvalue weighted by molar-refractivity contribution is -0.136. The number of nitrogens with zero attached hydrogens (tertiary/aromatic N) is 6. The minimum absolute atomic E-state index is 0.00100. The van der Waals surface area contributed by atoms with Gasteiger partial charge in [-0.3, -0.25) is 9.59 Å². The number of nitriles is 1. The average Bonchev–Trinajstić information content (AvgIpc) is 3.15. The summed E-state index contributed by atoms with van der Waals surface area (Å²) in [4.78, 5) is 39.4. The van der Waals surface area contributed by atoms with Crippen molar-refractivity contribution in [3.63, 3.8) is 0 Å². The topological polar surface area (TPSA) is 93.4 Å². The van der Waals surface area contributed by atoms with E-state index in [0.717, 1.165) is 0 Å². The van der Waals surface area contributed by atoms with Crippen molar-refractivity contribution in [1.82, 2.24) is 14.9 Å². The van der Waals surface area contributed by atoms with E-state index in [-0.39, 0.29) is 24.2 Å². The second-order valence-electron chi connectivity index (χ2n) is 6.90. The highest BCUT2D eigenvalue weighted by molar-refractivity contribution is 6.01. The summed E-state index contributed by atoms with van der Waals surface area (Å²) in [5, 5.41) is 9.28. The van der Waals surface area contributed by atoms with Crippen LogP contribution in [-0.4, -0.2) is 59.4 Å². The van der Waals surface area contributed by atoms with Crippen molar-refractivity contribution in [2.75, 3.05) is 42.5 Å². The minimum Gasteiger partial charge on any atom is -0.339 e. The molecule has 8 nitrogen and oxygen atoms in total. The van der Waals surface area contributed by atoms with Crippen LogP contribution in [0, 0.1) is 17.2 Å². The van der Waals surface area contributed by atoms with Gasteiger partial charge in [-0.1, -0.05) is 12.1 Å². The molecule has 2 aliphatic rings. The monoisotopic (exact) mass is 376 g/mol. The van der Waals surface area contributed by atoms with Crippen LogP contribution in [0.25, 0.3) is 0 Å². The molecule has 0 radical (unpaired) electrons. The highest BCUT2D eigenvalue weighted by Gasteiger charge is 2.38. The van der Waals surface area contributed by atoms with E-state index >= 15 is 0 Å². The van der Waals surface area contributed by atoms with Crippen molar-refractivity contribution in [1.29, 1.82) is 5.26 Å². The SMILES string of the molecule is N#Cc1ccccc1N1CC(C(=O)N2CCN(c3ncccn3)CC2)CC1=O. The number of benzene rings is 1. The summed E-state index contributed by atoms with van der Waals surface area (Å²) in [6.07, 6.45) is 3.59. The molecule has 4 rings (SSSR count). The number of hydrogen-bond donors (Lipinski definition) is 0. The summed E-state index contributed by atoms with van der Waals surface area (Å²) in [6, 6.07) is 10.9. The van der Waals surface area contributed by atoms with Gasteiger partial charge in [-0.15, -0.1) is 0 Å². The Morgan fingerprint density at radius 2 is 1.79 bits per heavy atom. The van der Waals surface area contributed by atoms with Gasteiger partial charge in [0, 0.05) is 51.5 Å². The van der Waals surface area contributed by atoms with Crippen LogP contribution in [0.15, 0.2) is 42.7 Å². The Bertz CT molecular complexity index is 918. The number of amides is 2. The van der Waals surface area contributed by atoms with Gasteiger partial charge in [0.2, 0.25) is 17.8 Å². The molecule has 1 unspecified atom stereocenters. The normalized spacial score (nSPS) is 19.6. The van der Waals surface area contributed by atoms with Crippen LogP contribution in [0.4, 0.5) is 11.6 Å². The van der Waals surface area contributed by atoms with E-state index in [1.165, 1.54) is 0 Å². The number of piperazine rings is 1. The quantitative estimate of drug-likeness (QED) is 0.795. The van der Waals surface area contributed by atoms with Crippen LogP contribution >= 0.6 is 0 Å². The lowest BCUT2D eigenvalue weighted by Crippen LogP contribution is -2.51. The van der Waals surface area contributed by atoms with Crippen LogP contribution in [0.5, 0.6) is 0 Å². The molecule has 2 saturated heterocycles. The van der Waals surface area contributed by atoms with E-state index in [9.17, 15) is 14.9 Å². The first kappa shape index (κ1) is 17.9. The molecular weight excluding hydrogens is 356 g/mol. The first-order valence-electron chi connectivity index (χ1n) is 9.27. The summed E-state index contributed by atoms with van der Waals surface area (Å²) in [6.45, 7) is 2.81. The van der Waals surface area contributed by atoms with Crippen molar-refractivity contribution in [3.8, 4) is 6.07 Å². The molecule has 1 atom stereocenters. The van der Waals surface area contributed by atoms with Crippen molar-refractivity contribution in [2.45, 2.75) is 6.42 Å². The molecule has 1 aromatic carbocycles. The number of hydrogen-bond acceptors (Lipinski definition) is 6. The van der Waals surface area contributed by atoms with Gasteiger partial charge in [-0.25, -0.2) is 9.97 Å². The van der Waals surface area contributed by atoms with Gasteiger partial charge in [0.25, 0.3) is 0 Å². The van der Waals surface area contributed by atoms with Crippen LogP contribution < -0.4 is 9.80 Å². The maximum Gasteiger partial charge on any atom is 0.228 e. The molecule has 2 amide bonds. The first-order chi connectivity index (χ1) is 13.7. The predicted molar refractivity (Wildman–Crippen MR) is 102 cm³/mol. The Morgan fingerprint density at radius 1 is 1.07 bits per heavy atom. The third kappa shape index (κ3) is 3.39. The Kier molecular flexibility index (Phi) is 4.89. The molecule has 8 heteroatoms. The lowest BCUT2D eigenvalue weighted by atomic mass is 10.1. The van der Waals surface area contributed by atoms with Crippen LogP contribution in [0.3, 0.4) is 0 Å². The Balaban J connectivity index is 1.40. The van der Waals surface area contributed by atoms with E-state index < -0.39 is 0 Å². The second kappa shape index (κ2) is 7.64. The highest BCUT2D eigenvalue weighted by Crippen LogP contribution is 2.29. The Labute approximate surface area is 163 Å². The molecule has 0 bridgehead atoms. The fraction of sp³-hybridized carbons (Fsp3) is 0.350. The molecule has 2 aromatic rings. The number of aromatic nitrogens is 2. The van der Waals surface area contributed by atoms with E-state index in [1.54, 1.807) is 47.6 Å². The number of carbonyl (C=O) groups is 2. The second-order valence-corrected chi connectivity index (χ2v) is 6.90. The van der Waals surface area contributed by atoms with Gasteiger partial charge in [0.15, 0.2) is 0 Å². The van der Waals surface area contributed by atoms with E-state index in [1.807, 2.05) is 4.90 Å². The van der Waals surface area contributed by atoms with E-state index in [2.05, 4.69) is 20.9 Å². The van der Waals surface area contributed by atoms with Gasteiger partial charge in [-0.05, 0) is 18.2 Å². The number of carbonyl (C=O) groups excluding carboxylic acids is 2. The van der Waals surface area contributed by atoms with Crippen molar-refractivity contribution in [3.05, 3.63) is 48.3 Å². The maximum absolute atomic E-state index is 13.0. The van der Waals surface area contributed by atoms with Gasteiger partial charge in [0.1, 0.15) is 6.07 Å². The van der Waals surface area contributed by atoms with Crippen molar-refractivity contribution >= 4 is 23.5 Å². The third-order valence-corrected chi connectivity index (χ3v) is 5.22. The first-order valence-corrected chi connectivity index (χ1v) is 9.27. The summed E-state index contributed by atoms with van der Waals surface area (Å²) in [7, 11) is 0. The molecule has 1 aromatic heterocycles.